The highest BCUT2D eigenvalue weighted by molar-refractivity contribution is 7.92. The monoisotopic (exact) mass is 684 g/mol. The first kappa shape index (κ1) is 38.9. The summed E-state index contributed by atoms with van der Waals surface area (Å²) in [4.78, 5) is 29.1. The van der Waals surface area contributed by atoms with Gasteiger partial charge in [-0.15, -0.1) is 0 Å². The summed E-state index contributed by atoms with van der Waals surface area (Å²) in [6, 6.07) is 12.5. The Kier molecular flexibility index (Phi) is 17.0. The van der Waals surface area contributed by atoms with E-state index in [2.05, 4.69) is 29.9 Å². The van der Waals surface area contributed by atoms with Crippen molar-refractivity contribution in [1.82, 2.24) is 20.4 Å². The van der Waals surface area contributed by atoms with Crippen LogP contribution in [0.25, 0.3) is 0 Å². The van der Waals surface area contributed by atoms with Crippen LogP contribution in [0.3, 0.4) is 0 Å². The molecule has 2 rings (SSSR count). The van der Waals surface area contributed by atoms with Crippen LogP contribution in [0.1, 0.15) is 34.6 Å². The Labute approximate surface area is 273 Å². The summed E-state index contributed by atoms with van der Waals surface area (Å²) < 4.78 is 61.4. The van der Waals surface area contributed by atoms with Crippen LogP contribution in [0.5, 0.6) is 0 Å². The van der Waals surface area contributed by atoms with Gasteiger partial charge in [-0.25, -0.2) is 16.8 Å². The number of nitrogens with zero attached hydrogens (tertiary/aromatic N) is 2. The van der Waals surface area contributed by atoms with E-state index in [1.807, 2.05) is 13.8 Å². The number of likely N-dealkylation sites (N-methyl/N-ethyl adjacent to an activating group) is 2. The van der Waals surface area contributed by atoms with Crippen molar-refractivity contribution in [1.29, 1.82) is 0 Å². The molecule has 0 bridgehead atoms. The molecule has 0 heterocycles. The van der Waals surface area contributed by atoms with Crippen LogP contribution in [-0.4, -0.2) is 130 Å². The maximum Gasteiger partial charge on any atom is 0.251 e. The lowest BCUT2D eigenvalue weighted by atomic mass is 10.2. The summed E-state index contributed by atoms with van der Waals surface area (Å²) >= 11 is 0. The quantitative estimate of drug-likeness (QED) is 0.125. The Bertz CT molecular complexity index is 1310. The Balaban J connectivity index is 1.52. The predicted molar refractivity (Wildman–Crippen MR) is 180 cm³/mol. The number of hydrogen-bond donors (Lipinski definition) is 4. The molecule has 4 N–H and O–H groups in total. The third-order valence-corrected chi connectivity index (χ3v) is 7.91. The van der Waals surface area contributed by atoms with Crippen molar-refractivity contribution in [2.75, 3.05) is 101 Å². The molecule has 258 valence electrons. The lowest BCUT2D eigenvalue weighted by molar-refractivity contribution is 0.0321. The fraction of sp³-hybridized carbons (Fsp3) is 0.533. The van der Waals surface area contributed by atoms with Crippen molar-refractivity contribution in [2.45, 2.75) is 13.8 Å². The summed E-state index contributed by atoms with van der Waals surface area (Å²) in [5.74, 6) is -0.453. The van der Waals surface area contributed by atoms with Crippen LogP contribution in [0.2, 0.25) is 0 Å². The molecule has 2 aromatic rings. The van der Waals surface area contributed by atoms with Crippen molar-refractivity contribution in [3.8, 4) is 0 Å². The molecule has 2 amide bonds. The topological polar surface area (TPSA) is 175 Å². The van der Waals surface area contributed by atoms with Crippen molar-refractivity contribution in [2.24, 2.45) is 0 Å². The minimum atomic E-state index is -3.37. The highest BCUT2D eigenvalue weighted by atomic mass is 32.2. The molecule has 0 radical (unpaired) electrons. The molecule has 2 aromatic carbocycles. The van der Waals surface area contributed by atoms with Crippen LogP contribution in [0, 0.1) is 0 Å². The molecular formula is C30H48N6O8S2. The molecule has 16 heteroatoms. The number of benzene rings is 2. The molecule has 0 aliphatic carbocycles. The molecule has 0 atom stereocenters. The average Bonchev–Trinajstić information content (AvgIpc) is 2.99. The normalized spacial score (nSPS) is 11.9. The van der Waals surface area contributed by atoms with E-state index in [4.69, 9.17) is 9.47 Å². The molecule has 0 aromatic heterocycles. The number of sulfonamides is 2. The van der Waals surface area contributed by atoms with E-state index in [1.165, 1.54) is 0 Å². The number of rotatable bonds is 23. The van der Waals surface area contributed by atoms with Crippen LogP contribution in [0.4, 0.5) is 11.4 Å². The summed E-state index contributed by atoms with van der Waals surface area (Å²) in [5.41, 5.74) is 1.70. The Morgan fingerprint density at radius 2 is 0.935 bits per heavy atom. The van der Waals surface area contributed by atoms with Crippen LogP contribution >= 0.6 is 0 Å². The van der Waals surface area contributed by atoms with E-state index in [-0.39, 0.29) is 11.8 Å². The molecule has 0 aliphatic rings. The second kappa shape index (κ2) is 20.1. The molecule has 14 nitrogen and oxygen atoms in total. The number of anilines is 2. The predicted octanol–water partition coefficient (Wildman–Crippen LogP) is 1.27. The van der Waals surface area contributed by atoms with Crippen molar-refractivity contribution >= 4 is 43.2 Å². The molecule has 0 spiro atoms. The zero-order valence-electron chi connectivity index (χ0n) is 27.1. The SMILES string of the molecule is CCN(CCNC(=O)c1ccc(NS(C)(=O)=O)cc1)CCOCCOCCN(CC)CCNC(=O)c1ccc(NS(C)(=O)=O)cc1. The van der Waals surface area contributed by atoms with Gasteiger partial charge in [-0.1, -0.05) is 13.8 Å². The van der Waals surface area contributed by atoms with Gasteiger partial charge >= 0.3 is 0 Å². The molecule has 0 fully saturated rings. The van der Waals surface area contributed by atoms with E-state index < -0.39 is 20.0 Å². The van der Waals surface area contributed by atoms with E-state index >= 15 is 0 Å². The number of ether oxygens (including phenoxy) is 2. The van der Waals surface area contributed by atoms with E-state index in [9.17, 15) is 26.4 Å². The zero-order chi connectivity index (χ0) is 34.0. The molecule has 0 saturated carbocycles. The van der Waals surface area contributed by atoms with Crippen LogP contribution in [-0.2, 0) is 29.5 Å². The smallest absolute Gasteiger partial charge is 0.251 e. The maximum atomic E-state index is 12.4. The molecule has 46 heavy (non-hydrogen) atoms. The van der Waals surface area contributed by atoms with Crippen LogP contribution < -0.4 is 20.1 Å². The van der Waals surface area contributed by atoms with E-state index in [0.717, 1.165) is 38.7 Å². The Morgan fingerprint density at radius 3 is 1.24 bits per heavy atom. The van der Waals surface area contributed by atoms with Crippen molar-refractivity contribution < 1.29 is 35.9 Å². The molecule has 0 saturated heterocycles. The fourth-order valence-electron chi connectivity index (χ4n) is 4.23. The van der Waals surface area contributed by atoms with Gasteiger partial charge in [-0.3, -0.25) is 28.8 Å². The van der Waals surface area contributed by atoms with Crippen LogP contribution in [0.15, 0.2) is 48.5 Å². The highest BCUT2D eigenvalue weighted by Gasteiger charge is 2.10. The number of carbonyl (C=O) groups excluding carboxylic acids is 2. The molecule has 0 unspecified atom stereocenters. The maximum absolute atomic E-state index is 12.4. The Morgan fingerprint density at radius 1 is 0.587 bits per heavy atom. The second-order valence-electron chi connectivity index (χ2n) is 10.5. The van der Waals surface area contributed by atoms with Gasteiger partial charge in [0.1, 0.15) is 0 Å². The summed E-state index contributed by atoms with van der Waals surface area (Å²) in [6.45, 7) is 11.4. The Hall–Kier alpha value is -3.28. The van der Waals surface area contributed by atoms with Gasteiger partial charge in [0.15, 0.2) is 0 Å². The summed E-state index contributed by atoms with van der Waals surface area (Å²) in [6.07, 6.45) is 2.14. The van der Waals surface area contributed by atoms with Gasteiger partial charge in [-0.2, -0.15) is 0 Å². The zero-order valence-corrected chi connectivity index (χ0v) is 28.7. The standard InChI is InChI=1S/C30H48N6O8S2/c1-5-35(17-15-31-29(37)25-7-11-27(12-8-25)33-45(3,39)40)19-21-43-23-24-44-22-20-36(6-2)18-16-32-30(38)26-9-13-28(14-10-26)34-46(4,41)42/h7-14,33-34H,5-6,15-24H2,1-4H3,(H,31,37)(H,32,38). The first-order chi connectivity index (χ1) is 21.8. The third kappa shape index (κ3) is 16.9. The van der Waals surface area contributed by atoms with Crippen molar-refractivity contribution in [3.63, 3.8) is 0 Å². The number of nitrogens with one attached hydrogen (secondary N) is 4. The lowest BCUT2D eigenvalue weighted by Gasteiger charge is -2.21. The number of amides is 2. The largest absolute Gasteiger partial charge is 0.378 e. The summed E-state index contributed by atoms with van der Waals surface area (Å²) in [7, 11) is -6.74. The number of carbonyl (C=O) groups is 2. The third-order valence-electron chi connectivity index (χ3n) is 6.70. The van der Waals surface area contributed by atoms with E-state index in [1.54, 1.807) is 48.5 Å². The minimum Gasteiger partial charge on any atom is -0.378 e. The highest BCUT2D eigenvalue weighted by Crippen LogP contribution is 2.12. The lowest BCUT2D eigenvalue weighted by Crippen LogP contribution is -2.37. The van der Waals surface area contributed by atoms with Crippen molar-refractivity contribution in [3.05, 3.63) is 59.7 Å². The van der Waals surface area contributed by atoms with Gasteiger partial charge in [0.2, 0.25) is 20.0 Å². The molecule has 0 aliphatic heterocycles. The first-order valence-corrected chi connectivity index (χ1v) is 18.9. The number of hydrogen-bond acceptors (Lipinski definition) is 10. The fourth-order valence-corrected chi connectivity index (χ4v) is 5.36. The second-order valence-corrected chi connectivity index (χ2v) is 14.0. The summed E-state index contributed by atoms with van der Waals surface area (Å²) in [5, 5.41) is 5.76. The van der Waals surface area contributed by atoms with E-state index in [0.29, 0.717) is 75.1 Å². The van der Waals surface area contributed by atoms with Gasteiger partial charge in [0, 0.05) is 61.8 Å². The first-order valence-electron chi connectivity index (χ1n) is 15.1. The van der Waals surface area contributed by atoms with Gasteiger partial charge in [-0.05, 0) is 61.6 Å². The average molecular weight is 685 g/mol. The van der Waals surface area contributed by atoms with Gasteiger partial charge in [0.05, 0.1) is 38.9 Å². The van der Waals surface area contributed by atoms with Gasteiger partial charge < -0.3 is 20.1 Å². The van der Waals surface area contributed by atoms with Gasteiger partial charge in [0.25, 0.3) is 11.8 Å². The molecular weight excluding hydrogens is 636 g/mol. The minimum absolute atomic E-state index is 0.227.